The fraction of sp³-hybridized carbons (Fsp3) is 0.667. The molecule has 0 saturated carbocycles. The number of piperidine rings is 1. The van der Waals surface area contributed by atoms with Gasteiger partial charge in [-0.25, -0.2) is 9.59 Å². The second kappa shape index (κ2) is 10.3. The van der Waals surface area contributed by atoms with E-state index in [4.69, 9.17) is 23.4 Å². The summed E-state index contributed by atoms with van der Waals surface area (Å²) in [5.74, 6) is -1.35. The van der Waals surface area contributed by atoms with Gasteiger partial charge in [-0.3, -0.25) is 4.79 Å². The molecular weight excluding hydrogens is 596 g/mol. The highest BCUT2D eigenvalue weighted by Crippen LogP contribution is 2.65. The Morgan fingerprint density at radius 3 is 2.60 bits per heavy atom. The van der Waals surface area contributed by atoms with E-state index in [1.807, 2.05) is 13.1 Å². The summed E-state index contributed by atoms with van der Waals surface area (Å²) in [6.07, 6.45) is 1.25. The molecule has 1 aromatic rings. The minimum absolute atomic E-state index is 0.0414. The van der Waals surface area contributed by atoms with Gasteiger partial charge in [0.1, 0.15) is 17.6 Å². The Kier molecular flexibility index (Phi) is 7.32. The highest BCUT2D eigenvalue weighted by atomic mass is 28.4. The van der Waals surface area contributed by atoms with Crippen molar-refractivity contribution in [2.75, 3.05) is 13.6 Å². The molecule has 45 heavy (non-hydrogen) atoms. The zero-order chi connectivity index (χ0) is 32.9. The van der Waals surface area contributed by atoms with Gasteiger partial charge in [-0.15, -0.1) is 0 Å². The van der Waals surface area contributed by atoms with Crippen molar-refractivity contribution in [2.24, 2.45) is 0 Å². The maximum Gasteiger partial charge on any atom is 0.338 e. The number of esters is 2. The normalized spacial score (nSPS) is 32.1. The van der Waals surface area contributed by atoms with E-state index in [1.165, 1.54) is 6.92 Å². The summed E-state index contributed by atoms with van der Waals surface area (Å²) in [5.41, 5.74) is 0.104. The Balaban J connectivity index is 1.27. The highest BCUT2D eigenvalue weighted by molar-refractivity contribution is 6.74. The summed E-state index contributed by atoms with van der Waals surface area (Å²) in [5, 5.41) is 15.1. The third-order valence-corrected chi connectivity index (χ3v) is 15.2. The lowest BCUT2D eigenvalue weighted by Gasteiger charge is -2.61. The second-order valence-electron chi connectivity index (χ2n) is 15.3. The molecule has 0 radical (unpaired) electrons. The molecule has 2 N–H and O–H groups in total. The molecular formula is C33H46N2O9Si. The first-order valence-electron chi connectivity index (χ1n) is 15.9. The van der Waals surface area contributed by atoms with E-state index in [0.717, 1.165) is 17.7 Å². The molecule has 5 aliphatic rings. The van der Waals surface area contributed by atoms with Crippen LogP contribution in [0.15, 0.2) is 24.0 Å². The van der Waals surface area contributed by atoms with Gasteiger partial charge < -0.3 is 38.7 Å². The van der Waals surface area contributed by atoms with E-state index >= 15 is 0 Å². The van der Waals surface area contributed by atoms with Crippen LogP contribution in [0.1, 0.15) is 71.9 Å². The number of ether oxygens (including phenoxy) is 4. The van der Waals surface area contributed by atoms with Crippen LogP contribution in [-0.2, 0) is 40.4 Å². The molecule has 1 amide bonds. The van der Waals surface area contributed by atoms with Gasteiger partial charge in [0.15, 0.2) is 18.0 Å². The molecule has 0 aromatic heterocycles. The smallest absolute Gasteiger partial charge is 0.338 e. The number of hydrogen-bond donors (Lipinski definition) is 2. The lowest BCUT2D eigenvalue weighted by atomic mass is 9.50. The summed E-state index contributed by atoms with van der Waals surface area (Å²) < 4.78 is 30.2. The molecule has 2 fully saturated rings. The van der Waals surface area contributed by atoms with Gasteiger partial charge in [-0.2, -0.15) is 0 Å². The maximum atomic E-state index is 13.4. The summed E-state index contributed by atoms with van der Waals surface area (Å²) >= 11 is 0. The van der Waals surface area contributed by atoms with Crippen molar-refractivity contribution in [1.29, 1.82) is 0 Å². The quantitative estimate of drug-likeness (QED) is 0.337. The second-order valence-corrected chi connectivity index (χ2v) is 20.0. The number of hydrogen-bond acceptors (Lipinski definition) is 10. The number of rotatable bonds is 7. The van der Waals surface area contributed by atoms with Gasteiger partial charge >= 0.3 is 11.9 Å². The molecule has 12 heteroatoms. The van der Waals surface area contributed by atoms with E-state index in [9.17, 15) is 19.5 Å². The van der Waals surface area contributed by atoms with Gasteiger partial charge in [-0.05, 0) is 69.2 Å². The first kappa shape index (κ1) is 32.0. The Morgan fingerprint density at radius 1 is 1.24 bits per heavy atom. The zero-order valence-electron chi connectivity index (χ0n) is 27.7. The number of carbonyl (C=O) groups excluding carboxylic acids is 3. The van der Waals surface area contributed by atoms with Gasteiger partial charge in [0.25, 0.3) is 8.32 Å². The molecule has 1 aromatic carbocycles. The van der Waals surface area contributed by atoms with Crippen LogP contribution in [0, 0.1) is 0 Å². The Morgan fingerprint density at radius 2 is 1.96 bits per heavy atom. The number of carbonyl (C=O) groups is 3. The third-order valence-electron chi connectivity index (χ3n) is 10.9. The third kappa shape index (κ3) is 4.90. The topological polar surface area (TPSA) is 133 Å². The lowest BCUT2D eigenvalue weighted by Crippen LogP contribution is -2.74. The van der Waals surface area contributed by atoms with Crippen molar-refractivity contribution in [3.63, 3.8) is 0 Å². The van der Waals surface area contributed by atoms with Crippen LogP contribution in [0.3, 0.4) is 0 Å². The van der Waals surface area contributed by atoms with Gasteiger partial charge in [0.05, 0.1) is 17.4 Å². The largest absolute Gasteiger partial charge is 0.541 e. The monoisotopic (exact) mass is 642 g/mol. The van der Waals surface area contributed by atoms with Crippen LogP contribution in [0.2, 0.25) is 18.1 Å². The summed E-state index contributed by atoms with van der Waals surface area (Å²) in [6, 6.07) is 2.94. The Labute approximate surface area is 265 Å². The summed E-state index contributed by atoms with van der Waals surface area (Å²) in [6.45, 7) is 16.4. The van der Waals surface area contributed by atoms with Crippen LogP contribution >= 0.6 is 0 Å². The molecule has 1 spiro atoms. The fourth-order valence-electron chi connectivity index (χ4n) is 7.52. The summed E-state index contributed by atoms with van der Waals surface area (Å²) in [4.78, 5) is 40.4. The average Bonchev–Trinajstić information content (AvgIpc) is 3.40. The molecule has 3 heterocycles. The summed E-state index contributed by atoms with van der Waals surface area (Å²) in [7, 11) is -0.202. The molecule has 2 saturated heterocycles. The van der Waals surface area contributed by atoms with Crippen LogP contribution in [0.4, 0.5) is 0 Å². The van der Waals surface area contributed by atoms with Crippen LogP contribution in [0.5, 0.6) is 11.5 Å². The number of likely N-dealkylation sites (N-methyl/N-ethyl adjacent to an activating group) is 1. The predicted molar refractivity (Wildman–Crippen MR) is 166 cm³/mol. The number of amides is 1. The number of nitrogens with one attached hydrogen (secondary N) is 1. The van der Waals surface area contributed by atoms with E-state index in [2.05, 4.69) is 50.1 Å². The Bertz CT molecular complexity index is 1480. The number of aliphatic hydroxyl groups is 1. The lowest BCUT2D eigenvalue weighted by molar-refractivity contribution is -0.170. The van der Waals surface area contributed by atoms with Gasteiger partial charge in [-0.1, -0.05) is 26.8 Å². The number of nitrogens with zero attached hydrogens (tertiary/aromatic N) is 1. The van der Waals surface area contributed by atoms with Crippen LogP contribution < -0.4 is 14.5 Å². The molecule has 6 atom stereocenters. The standard InChI is InChI=1S/C33H46N2O9Si/c1-18(34-24(36)17-22-29(38)43-31(5,6)42-22)28(37)40-21-12-13-33(39)23-16-19-10-11-20(44-45(8,9)30(2,3)4)26-25(19)32(33,27(21)41-26)14-15-35(23)7/h10-12,18,22-23,27,39H,13-17H2,1-9H3,(H,34,36)/t18?,22-,23+,27-,32-,33+/m0/s1. The van der Waals surface area contributed by atoms with Crippen molar-refractivity contribution < 1.29 is 42.9 Å². The van der Waals surface area contributed by atoms with Crippen LogP contribution in [-0.4, -0.2) is 85.4 Å². The minimum Gasteiger partial charge on any atom is -0.541 e. The minimum atomic E-state index is -2.25. The zero-order valence-corrected chi connectivity index (χ0v) is 28.7. The molecule has 2 aliphatic carbocycles. The average molecular weight is 643 g/mol. The van der Waals surface area contributed by atoms with Crippen molar-refractivity contribution in [2.45, 2.75) is 126 Å². The van der Waals surface area contributed by atoms with Crippen molar-refractivity contribution >= 4 is 26.2 Å². The van der Waals surface area contributed by atoms with Gasteiger partial charge in [0, 0.05) is 31.9 Å². The van der Waals surface area contributed by atoms with Crippen LogP contribution in [0.25, 0.3) is 0 Å². The SMILES string of the molecule is CC(NC(=O)C[C@@H]1OC(C)(C)OC1=O)C(=O)OC1=CC[C@@]2(O)[C@H]3Cc4ccc(O[Si](C)(C)C(C)(C)C)c5c4[C@@]2(CCN3C)[C@H]1O5. The molecule has 6 rings (SSSR count). The fourth-order valence-corrected chi connectivity index (χ4v) is 8.53. The number of benzene rings is 1. The highest BCUT2D eigenvalue weighted by Gasteiger charge is 2.72. The molecule has 11 nitrogen and oxygen atoms in total. The molecule has 2 bridgehead atoms. The van der Waals surface area contributed by atoms with E-state index in [1.54, 1.807) is 19.9 Å². The van der Waals surface area contributed by atoms with Crippen molar-refractivity contribution in [1.82, 2.24) is 10.2 Å². The van der Waals surface area contributed by atoms with E-state index in [-0.39, 0.29) is 23.9 Å². The molecule has 1 unspecified atom stereocenters. The van der Waals surface area contributed by atoms with Gasteiger partial charge in [0.2, 0.25) is 11.7 Å². The maximum absolute atomic E-state index is 13.4. The first-order chi connectivity index (χ1) is 20.8. The predicted octanol–water partition coefficient (Wildman–Crippen LogP) is 3.46. The first-order valence-corrected chi connectivity index (χ1v) is 18.8. The number of cyclic esters (lactones) is 1. The molecule has 3 aliphatic heterocycles. The van der Waals surface area contributed by atoms with Crippen molar-refractivity contribution in [3.8, 4) is 11.5 Å². The molecule has 246 valence electrons. The van der Waals surface area contributed by atoms with E-state index < -0.39 is 61.2 Å². The number of likely N-dealkylation sites (tertiary alicyclic amines) is 1. The van der Waals surface area contributed by atoms with Crippen molar-refractivity contribution in [3.05, 3.63) is 35.1 Å². The van der Waals surface area contributed by atoms with E-state index in [0.29, 0.717) is 30.1 Å². The Hall–Kier alpha value is -2.93.